The molecule has 26 heavy (non-hydrogen) atoms. The van der Waals surface area contributed by atoms with E-state index >= 15 is 0 Å². The highest BCUT2D eigenvalue weighted by molar-refractivity contribution is 5.64. The standard InChI is InChI=1S/C18H22N6O2/c1-20-16-15(17(25)21(2)18(20)26)24(12-19-16)13-22-8-10-23(11-9-22)14-6-4-3-5-7-14/h3-7,12H,8-11,13H2,1-2H3/p+2. The van der Waals surface area contributed by atoms with Crippen molar-refractivity contribution in [1.82, 2.24) is 14.1 Å². The van der Waals surface area contributed by atoms with E-state index in [0.717, 1.165) is 30.7 Å². The van der Waals surface area contributed by atoms with Crippen molar-refractivity contribution >= 4 is 16.9 Å². The normalized spacial score (nSPS) is 15.7. The number of fused-ring (bicyclic) bond motifs is 1. The Labute approximate surface area is 150 Å². The summed E-state index contributed by atoms with van der Waals surface area (Å²) in [6.07, 6.45) is 1.79. The van der Waals surface area contributed by atoms with Crippen molar-refractivity contribution in [2.75, 3.05) is 31.1 Å². The summed E-state index contributed by atoms with van der Waals surface area (Å²) in [5.74, 6) is 0. The molecular weight excluding hydrogens is 332 g/mol. The molecule has 8 nitrogen and oxygen atoms in total. The van der Waals surface area contributed by atoms with Crippen LogP contribution in [-0.2, 0) is 20.8 Å². The van der Waals surface area contributed by atoms with E-state index in [2.05, 4.69) is 34.1 Å². The van der Waals surface area contributed by atoms with Crippen LogP contribution in [0.1, 0.15) is 0 Å². The highest BCUT2D eigenvalue weighted by Crippen LogP contribution is 2.12. The summed E-state index contributed by atoms with van der Waals surface area (Å²) in [6, 6.07) is 10.5. The molecule has 3 heterocycles. The Hall–Kier alpha value is -2.87. The fourth-order valence-corrected chi connectivity index (χ4v) is 3.70. The topological polar surface area (TPSA) is 71.3 Å². The first-order chi connectivity index (χ1) is 12.6. The first-order valence-electron chi connectivity index (χ1n) is 8.86. The number of anilines is 1. The van der Waals surface area contributed by atoms with Crippen LogP contribution >= 0.6 is 0 Å². The number of para-hydroxylation sites is 1. The highest BCUT2D eigenvalue weighted by Gasteiger charge is 2.26. The highest BCUT2D eigenvalue weighted by atomic mass is 16.2. The van der Waals surface area contributed by atoms with Crippen molar-refractivity contribution in [3.63, 3.8) is 0 Å². The summed E-state index contributed by atoms with van der Waals surface area (Å²) in [4.78, 5) is 31.5. The minimum atomic E-state index is -0.319. The second kappa shape index (κ2) is 6.45. The number of hydrogen-bond acceptors (Lipinski definition) is 3. The average Bonchev–Trinajstić information content (AvgIpc) is 3.10. The van der Waals surface area contributed by atoms with Crippen LogP contribution in [0.3, 0.4) is 0 Å². The lowest BCUT2D eigenvalue weighted by molar-refractivity contribution is -1.03. The zero-order chi connectivity index (χ0) is 18.3. The van der Waals surface area contributed by atoms with E-state index in [1.54, 1.807) is 13.4 Å². The second-order valence-corrected chi connectivity index (χ2v) is 6.88. The number of rotatable bonds is 3. The molecule has 0 spiro atoms. The Morgan fingerprint density at radius 2 is 1.77 bits per heavy atom. The van der Waals surface area contributed by atoms with E-state index in [4.69, 9.17) is 0 Å². The Morgan fingerprint density at radius 3 is 2.46 bits per heavy atom. The van der Waals surface area contributed by atoms with Gasteiger partial charge in [-0.15, -0.1) is 0 Å². The summed E-state index contributed by atoms with van der Waals surface area (Å²) in [5, 5.41) is 0. The average molecular weight is 356 g/mol. The smallest absolute Gasteiger partial charge is 0.333 e. The molecule has 0 amide bonds. The molecular formula is C18H24N6O2+2. The number of quaternary nitrogens is 1. The van der Waals surface area contributed by atoms with Crippen LogP contribution in [0, 0.1) is 0 Å². The first-order valence-corrected chi connectivity index (χ1v) is 8.86. The van der Waals surface area contributed by atoms with Gasteiger partial charge in [-0.1, -0.05) is 18.2 Å². The number of aromatic amines is 1. The summed E-state index contributed by atoms with van der Waals surface area (Å²) >= 11 is 0. The summed E-state index contributed by atoms with van der Waals surface area (Å²) in [6.45, 7) is 4.68. The number of H-pyrrole nitrogens is 1. The van der Waals surface area contributed by atoms with E-state index in [-0.39, 0.29) is 11.2 Å². The molecule has 1 saturated heterocycles. The molecule has 2 N–H and O–H groups in total. The lowest BCUT2D eigenvalue weighted by atomic mass is 10.2. The fraction of sp³-hybridized carbons (Fsp3) is 0.389. The van der Waals surface area contributed by atoms with Crippen LogP contribution in [0.15, 0.2) is 46.2 Å². The third-order valence-electron chi connectivity index (χ3n) is 5.27. The monoisotopic (exact) mass is 356 g/mol. The third-order valence-corrected chi connectivity index (χ3v) is 5.27. The summed E-state index contributed by atoms with van der Waals surface area (Å²) < 4.78 is 4.58. The summed E-state index contributed by atoms with van der Waals surface area (Å²) in [5.41, 5.74) is 1.80. The molecule has 1 aliphatic heterocycles. The van der Waals surface area contributed by atoms with Crippen LogP contribution in [0.25, 0.3) is 11.2 Å². The van der Waals surface area contributed by atoms with Crippen molar-refractivity contribution in [3.8, 4) is 0 Å². The summed E-state index contributed by atoms with van der Waals surface area (Å²) in [7, 11) is 3.20. The maximum atomic E-state index is 12.6. The van der Waals surface area contributed by atoms with Crippen molar-refractivity contribution < 1.29 is 9.47 Å². The van der Waals surface area contributed by atoms with Gasteiger partial charge in [0, 0.05) is 19.8 Å². The number of benzene rings is 1. The largest absolute Gasteiger partial charge is 0.360 e. The number of nitrogens with one attached hydrogen (secondary N) is 2. The van der Waals surface area contributed by atoms with E-state index in [0.29, 0.717) is 17.8 Å². The van der Waals surface area contributed by atoms with Crippen LogP contribution in [0.2, 0.25) is 0 Å². The minimum Gasteiger partial charge on any atom is -0.360 e. The maximum Gasteiger partial charge on any atom is 0.333 e. The minimum absolute atomic E-state index is 0.258. The maximum absolute atomic E-state index is 12.6. The fourth-order valence-electron chi connectivity index (χ4n) is 3.70. The van der Waals surface area contributed by atoms with E-state index in [9.17, 15) is 9.59 Å². The molecule has 0 atom stereocenters. The van der Waals surface area contributed by atoms with Crippen LogP contribution in [0.4, 0.5) is 5.69 Å². The van der Waals surface area contributed by atoms with E-state index < -0.39 is 0 Å². The number of imidazole rings is 1. The van der Waals surface area contributed by atoms with Crippen LogP contribution in [0.5, 0.6) is 0 Å². The Bertz CT molecular complexity index is 1040. The lowest BCUT2D eigenvalue weighted by Crippen LogP contribution is -3.16. The van der Waals surface area contributed by atoms with Gasteiger partial charge in [0.15, 0.2) is 0 Å². The first kappa shape index (κ1) is 16.6. The molecule has 1 aliphatic rings. The van der Waals surface area contributed by atoms with E-state index in [1.807, 2.05) is 10.6 Å². The van der Waals surface area contributed by atoms with Crippen molar-refractivity contribution in [2.45, 2.75) is 6.67 Å². The van der Waals surface area contributed by atoms with Gasteiger partial charge in [0.25, 0.3) is 11.2 Å². The molecule has 2 aromatic heterocycles. The number of nitrogens with zero attached hydrogens (tertiary/aromatic N) is 4. The Kier molecular flexibility index (Phi) is 4.12. The van der Waals surface area contributed by atoms with Gasteiger partial charge in [0.05, 0.1) is 26.2 Å². The molecule has 1 fully saturated rings. The molecule has 1 aromatic carbocycles. The van der Waals surface area contributed by atoms with Crippen LogP contribution in [-0.4, -0.2) is 40.3 Å². The molecule has 0 unspecified atom stereocenters. The van der Waals surface area contributed by atoms with Gasteiger partial charge in [-0.05, 0) is 12.1 Å². The number of aryl methyl sites for hydroxylation is 1. The van der Waals surface area contributed by atoms with E-state index in [1.165, 1.54) is 22.2 Å². The quantitative estimate of drug-likeness (QED) is 0.545. The Balaban J connectivity index is 1.54. The van der Waals surface area contributed by atoms with Gasteiger partial charge in [0.1, 0.15) is 0 Å². The Morgan fingerprint density at radius 1 is 1.08 bits per heavy atom. The third kappa shape index (κ3) is 2.72. The number of piperazine rings is 1. The lowest BCUT2D eigenvalue weighted by Gasteiger charge is -2.32. The predicted molar refractivity (Wildman–Crippen MR) is 98.3 cm³/mol. The molecule has 4 rings (SSSR count). The van der Waals surface area contributed by atoms with Crippen molar-refractivity contribution in [3.05, 3.63) is 57.5 Å². The van der Waals surface area contributed by atoms with Crippen LogP contribution < -0.4 is 25.6 Å². The van der Waals surface area contributed by atoms with Crippen molar-refractivity contribution in [2.24, 2.45) is 14.1 Å². The molecule has 3 aromatic rings. The molecule has 0 bridgehead atoms. The molecule has 0 saturated carbocycles. The van der Waals surface area contributed by atoms with Gasteiger partial charge in [0.2, 0.25) is 13.0 Å². The van der Waals surface area contributed by atoms with Crippen molar-refractivity contribution in [1.29, 1.82) is 0 Å². The second-order valence-electron chi connectivity index (χ2n) is 6.88. The zero-order valence-corrected chi connectivity index (χ0v) is 15.1. The van der Waals surface area contributed by atoms with Gasteiger partial charge >= 0.3 is 11.2 Å². The molecule has 0 aliphatic carbocycles. The molecule has 136 valence electrons. The van der Waals surface area contributed by atoms with Gasteiger partial charge < -0.3 is 4.90 Å². The number of aromatic nitrogens is 4. The van der Waals surface area contributed by atoms with Gasteiger partial charge in [-0.2, -0.15) is 4.57 Å². The molecule has 8 heteroatoms. The van der Waals surface area contributed by atoms with Gasteiger partial charge in [-0.3, -0.25) is 18.8 Å². The predicted octanol–water partition coefficient (Wildman–Crippen LogP) is -1.78. The zero-order valence-electron chi connectivity index (χ0n) is 15.1. The molecule has 0 radical (unpaired) electrons. The van der Waals surface area contributed by atoms with Gasteiger partial charge in [-0.25, -0.2) is 9.78 Å². The number of hydrogen-bond donors (Lipinski definition) is 2. The SMILES string of the molecule is Cn1c(=O)c2c([nH]c[n+]2C[NH+]2CCN(c3ccccc3)CC2)n(C)c1=O.